The lowest BCUT2D eigenvalue weighted by Crippen LogP contribution is -2.59. The number of hydrogen-bond acceptors (Lipinski definition) is 28. The van der Waals surface area contributed by atoms with Crippen LogP contribution in [0.4, 0.5) is 0 Å². The van der Waals surface area contributed by atoms with Crippen molar-refractivity contribution in [3.8, 4) is 34.0 Å². The number of ketones is 2. The van der Waals surface area contributed by atoms with Crippen LogP contribution in [0.5, 0.6) is 11.5 Å². The fourth-order valence-corrected chi connectivity index (χ4v) is 26.7. The number of likely N-dealkylation sites (N-methyl/N-ethyl adjacent to an activating group) is 2. The van der Waals surface area contributed by atoms with E-state index in [0.717, 1.165) is 110 Å². The van der Waals surface area contributed by atoms with E-state index in [0.29, 0.717) is 69.8 Å². The first-order valence-electron chi connectivity index (χ1n) is 53.7. The molecule has 141 heavy (non-hydrogen) atoms. The van der Waals surface area contributed by atoms with Crippen LogP contribution in [0.15, 0.2) is 84.2 Å². The molecule has 1 N–H and O–H groups in total. The number of hydrogen-bond donors (Lipinski definition) is 1. The van der Waals surface area contributed by atoms with Gasteiger partial charge in [-0.2, -0.15) is 0 Å². The molecule has 6 aliphatic heterocycles. The number of nitrogens with zero attached hydrogens (tertiary/aromatic N) is 7. The van der Waals surface area contributed by atoms with Crippen LogP contribution in [0.2, 0.25) is 0 Å². The number of benzene rings is 2. The van der Waals surface area contributed by atoms with Crippen molar-refractivity contribution in [2.45, 2.75) is 402 Å². The highest BCUT2D eigenvalue weighted by Gasteiger charge is 2.61. The highest BCUT2D eigenvalue weighted by Crippen LogP contribution is 2.63. The molecule has 6 unspecified atom stereocenters. The zero-order chi connectivity index (χ0) is 100.0. The van der Waals surface area contributed by atoms with Crippen molar-refractivity contribution in [1.29, 1.82) is 0 Å². The maximum atomic E-state index is 15.4. The predicted molar refractivity (Wildman–Crippen MR) is 528 cm³/mol. The third-order valence-corrected chi connectivity index (χ3v) is 34.5. The highest BCUT2D eigenvalue weighted by atomic mass is 16.7. The number of fused-ring (bicyclic) bond motifs is 10. The van der Waals surface area contributed by atoms with Crippen molar-refractivity contribution >= 4 is 29.4 Å². The van der Waals surface area contributed by atoms with E-state index in [1.165, 1.54) is 44.9 Å². The van der Waals surface area contributed by atoms with E-state index in [4.69, 9.17) is 101 Å². The number of nitrogens with one attached hydrogen (secondary N) is 1. The summed E-state index contributed by atoms with van der Waals surface area (Å²) in [7, 11) is 17.1. The van der Waals surface area contributed by atoms with Crippen molar-refractivity contribution in [1.82, 2.24) is 40.2 Å². The number of rotatable bonds is 34. The standard InChI is InChI=1S/C61H94N4O12.C49H72N4O11/c1-11-13-14-15-16-17-18-19-20-24-54(66)64(6)51-29-30-56(73-38(51)4)77-53-23-21-22-41(12-2)75-55(67)35-47-46-34-52(65-36-50(62-63-65)40-25-27-42(69-7)28-26-40)48-32-43(31-44(48)45(46)33-49(47)57(68)37(53)3)76-61-60(72-10)59(71-9)58(70-8)39(5)74-61;1-10-30-12-11-13-42(64-44-19-18-39(50-5)27(3)60-44)26(2)45(55)38-22-34-33-20-32(63-49-48(59-9)47(58-8)46(57-7)28(4)61-49)21-37(33)41(23-35(34)36(38)24-43(54)62-30)53-25-40(51-52-53)29-14-16-31(56-6)17-15-29/h25-28,33,36-39,41,43-48,51-53,56,58-61H,11-24,29-32,34-35H2,1-10H3;14-17,22,25-28,30,32-37,39,41-42,44,46-50H,10-13,18-21,23-24H2,1-9H3/t37-,38?,39?,41+,43+,44+,45+,46-,47+,48-,51+,52-,53+,56+,58+,59?,60+,61+;26-,27?,28?,30+,32+,33+,34+,35-,36+,37-,39+,41-,42+,44+,46+,47?,48+,49+/m11/s1. The van der Waals surface area contributed by atoms with E-state index < -0.39 is 55.1 Å². The van der Waals surface area contributed by atoms with E-state index in [1.54, 1.807) is 56.9 Å². The topological polar surface area (TPSA) is 328 Å². The lowest BCUT2D eigenvalue weighted by atomic mass is 9.64. The summed E-state index contributed by atoms with van der Waals surface area (Å²) in [4.78, 5) is 74.1. The molecule has 0 bridgehead atoms. The van der Waals surface area contributed by atoms with Gasteiger partial charge >= 0.3 is 11.9 Å². The van der Waals surface area contributed by atoms with E-state index in [1.807, 2.05) is 124 Å². The molecular weight excluding hydrogens is 1800 g/mol. The normalized spacial score (nSPS) is 37.9. The van der Waals surface area contributed by atoms with Gasteiger partial charge in [0.25, 0.3) is 0 Å². The molecule has 6 saturated heterocycles. The van der Waals surface area contributed by atoms with Crippen molar-refractivity contribution in [3.05, 3.63) is 84.2 Å². The van der Waals surface area contributed by atoms with Crippen LogP contribution in [0.1, 0.15) is 267 Å². The minimum absolute atomic E-state index is 0.00153. The Morgan fingerprint density at radius 2 is 0.858 bits per heavy atom. The molecule has 4 saturated carbocycles. The molecule has 31 heteroatoms. The molecular formula is C110H166N8O23. The Morgan fingerprint density at radius 1 is 0.447 bits per heavy atom. The number of methoxy groups -OCH3 is 8. The van der Waals surface area contributed by atoms with Crippen molar-refractivity contribution in [2.24, 2.45) is 71.0 Å². The fourth-order valence-electron chi connectivity index (χ4n) is 26.7. The Kier molecular flexibility index (Phi) is 38.8. The second-order valence-corrected chi connectivity index (χ2v) is 42.6. The van der Waals surface area contributed by atoms with Crippen LogP contribution in [0.25, 0.3) is 22.5 Å². The van der Waals surface area contributed by atoms with Crippen LogP contribution in [0.3, 0.4) is 0 Å². The molecule has 36 atom stereocenters. The number of esters is 2. The number of allylic oxidation sites excluding steroid dienone is 4. The van der Waals surface area contributed by atoms with Gasteiger partial charge in [-0.05, 0) is 257 Å². The first-order valence-corrected chi connectivity index (χ1v) is 53.7. The maximum Gasteiger partial charge on any atom is 0.306 e. The lowest BCUT2D eigenvalue weighted by molar-refractivity contribution is -0.314. The van der Waals surface area contributed by atoms with E-state index in [9.17, 15) is 14.4 Å². The summed E-state index contributed by atoms with van der Waals surface area (Å²) in [6.07, 6.45) is 26.1. The second kappa shape index (κ2) is 50.6. The summed E-state index contributed by atoms with van der Waals surface area (Å²) < 4.78 is 117. The number of Topliss-reactive ketones (excluding diaryl/α,β-unsaturated/α-hetero) is 2. The third-order valence-electron chi connectivity index (χ3n) is 34.5. The summed E-state index contributed by atoms with van der Waals surface area (Å²) in [5, 5.41) is 22.3. The van der Waals surface area contributed by atoms with Gasteiger partial charge in [0.1, 0.15) is 71.7 Å². The zero-order valence-corrected chi connectivity index (χ0v) is 87.4. The predicted octanol–water partition coefficient (Wildman–Crippen LogP) is 17.1. The van der Waals surface area contributed by atoms with Crippen LogP contribution < -0.4 is 14.8 Å². The molecule has 0 radical (unpaired) electrons. The van der Waals surface area contributed by atoms with Gasteiger partial charge < -0.3 is 95.5 Å². The summed E-state index contributed by atoms with van der Waals surface area (Å²) >= 11 is 0. The smallest absolute Gasteiger partial charge is 0.306 e. The largest absolute Gasteiger partial charge is 0.497 e. The quantitative estimate of drug-likeness (QED) is 0.0335. The summed E-state index contributed by atoms with van der Waals surface area (Å²) in [5.41, 5.74) is 4.81. The molecule has 6 aliphatic carbocycles. The van der Waals surface area contributed by atoms with Gasteiger partial charge in [0.05, 0.1) is 106 Å². The minimum atomic E-state index is -0.698. The molecule has 31 nitrogen and oxygen atoms in total. The number of carbonyl (C=O) groups excluding carboxylic acids is 5. The lowest BCUT2D eigenvalue weighted by Gasteiger charge is -2.44. The molecule has 4 aromatic rings. The molecule has 1 amide bonds. The number of aromatic nitrogens is 6. The number of carbonyl (C=O) groups is 5. The summed E-state index contributed by atoms with van der Waals surface area (Å²) in [5.74, 6) is 0.0678. The Labute approximate surface area is 836 Å². The molecule has 2 aromatic carbocycles. The van der Waals surface area contributed by atoms with Gasteiger partial charge in [-0.1, -0.05) is 109 Å². The van der Waals surface area contributed by atoms with Crippen molar-refractivity contribution < 1.29 is 109 Å². The first kappa shape index (κ1) is 108. The fraction of sp³-hybridized carbons (Fsp3) is 0.773. The van der Waals surface area contributed by atoms with Crippen LogP contribution in [0, 0.1) is 71.0 Å². The van der Waals surface area contributed by atoms with Crippen LogP contribution >= 0.6 is 0 Å². The number of unbranched alkanes of at least 4 members (excludes halogenated alkanes) is 8. The molecule has 0 spiro atoms. The third kappa shape index (κ3) is 25.0. The monoisotopic (exact) mass is 1970 g/mol. The van der Waals surface area contributed by atoms with Crippen LogP contribution in [-0.4, -0.2) is 270 Å². The average molecular weight is 1970 g/mol. The van der Waals surface area contributed by atoms with Gasteiger partial charge in [0, 0.05) is 103 Å². The van der Waals surface area contributed by atoms with Crippen LogP contribution in [-0.2, 0) is 99.8 Å². The van der Waals surface area contributed by atoms with Crippen molar-refractivity contribution in [3.63, 3.8) is 0 Å². The average Bonchev–Trinajstić information content (AvgIpc) is 1.58. The molecule has 12 aliphatic rings. The van der Waals surface area contributed by atoms with Gasteiger partial charge in [-0.25, -0.2) is 9.36 Å². The van der Waals surface area contributed by atoms with E-state index >= 15 is 9.59 Å². The molecule has 2 aromatic heterocycles. The summed E-state index contributed by atoms with van der Waals surface area (Å²) in [6.45, 7) is 18.4. The zero-order valence-electron chi connectivity index (χ0n) is 87.4. The van der Waals surface area contributed by atoms with Gasteiger partial charge in [-0.15, -0.1) is 10.2 Å². The maximum absolute atomic E-state index is 15.4. The first-order chi connectivity index (χ1) is 68.3. The Morgan fingerprint density at radius 3 is 1.26 bits per heavy atom. The number of cyclic esters (lactones) is 2. The SMILES string of the molecule is CCCCCCCCCCCC(=O)N(C)[C@H]1CC[C@H](O[C@H]2CCC[C@H](CC)OC(=O)C[C@@H]3C(=C[C@@H]4[C@H]3C[C@@H](n3cc(-c5ccc(OC)cc5)nn3)[C@@H]3C[C@@H](O[C@@H]5OC(C)[C@H](OC)C(OC)[C@@H]5OC)C[C@@H]43)C(=O)[C@@H]2C)OC1C.CC[C@H]1CCC[C@H](O[C@H]2CC[C@H](NC)C(C)O2)[C@@H](C)C(=O)C2=C[C@@H]3[C@@H](C[C@@H](n4cc(-c5ccc(OC)cc5)nn4)[C@@H]4C[C@@H](O[C@@H]5OC(C)[C@H](OC)C(OC)[C@@H]5OC)C[C@@H]34)[C@@H]2CC(=O)O1. The van der Waals surface area contributed by atoms with Gasteiger partial charge in [0.2, 0.25) is 5.91 Å². The Balaban J connectivity index is 0.000000216. The van der Waals surface area contributed by atoms with E-state index in [-0.39, 0.29) is 205 Å². The second-order valence-electron chi connectivity index (χ2n) is 42.6. The molecule has 8 heterocycles. The summed E-state index contributed by atoms with van der Waals surface area (Å²) in [6, 6.07) is 15.7. The number of ether oxygens (including phenoxy) is 18. The van der Waals surface area contributed by atoms with E-state index in [2.05, 4.69) is 50.3 Å². The van der Waals surface area contributed by atoms with Gasteiger partial charge in [0.15, 0.2) is 36.7 Å². The molecule has 16 rings (SSSR count). The van der Waals surface area contributed by atoms with Gasteiger partial charge in [-0.3, -0.25) is 24.0 Å². The Bertz CT molecular complexity index is 4710. The highest BCUT2D eigenvalue weighted by molar-refractivity contribution is 6.00. The van der Waals surface area contributed by atoms with Crippen molar-refractivity contribution in [2.75, 3.05) is 71.0 Å². The molecule has 10 fully saturated rings. The number of amides is 1. The minimum Gasteiger partial charge on any atom is -0.497 e. The molecule has 784 valence electrons. The Hall–Kier alpha value is -7.05.